The fourth-order valence-electron chi connectivity index (χ4n) is 1.72. The van der Waals surface area contributed by atoms with Crippen molar-refractivity contribution in [3.63, 3.8) is 0 Å². The van der Waals surface area contributed by atoms with Crippen LogP contribution in [0.3, 0.4) is 0 Å². The van der Waals surface area contributed by atoms with Crippen LogP contribution in [0.25, 0.3) is 0 Å². The predicted molar refractivity (Wildman–Crippen MR) is 84.2 cm³/mol. The number of thioether (sulfide) groups is 1. The van der Waals surface area contributed by atoms with Crippen LogP contribution in [0.5, 0.6) is 0 Å². The molecule has 0 spiro atoms. The minimum absolute atomic E-state index is 0.0974. The number of rotatable bonds is 5. The molecule has 1 aromatic carbocycles. The zero-order valence-electron chi connectivity index (χ0n) is 11.1. The average Bonchev–Trinajstić information content (AvgIpc) is 2.88. The van der Waals surface area contributed by atoms with Gasteiger partial charge in [0.1, 0.15) is 11.1 Å². The van der Waals surface area contributed by atoms with Crippen LogP contribution in [-0.4, -0.2) is 11.7 Å². The number of nitrogens with one attached hydrogen (secondary N) is 1. The Balaban J connectivity index is 1.96. The van der Waals surface area contributed by atoms with Gasteiger partial charge in [0.15, 0.2) is 0 Å². The summed E-state index contributed by atoms with van der Waals surface area (Å²) in [5, 5.41) is 14.1. The second-order valence-electron chi connectivity index (χ2n) is 4.08. The van der Waals surface area contributed by atoms with Gasteiger partial charge in [-0.2, -0.15) is 5.26 Å². The third kappa shape index (κ3) is 3.86. The fraction of sp³-hybridized carbons (Fsp3) is 0.200. The largest absolute Gasteiger partial charge is 0.316 e. The van der Waals surface area contributed by atoms with Crippen molar-refractivity contribution in [2.75, 3.05) is 11.1 Å². The zero-order chi connectivity index (χ0) is 14.4. The molecular weight excluding hydrogens is 288 g/mol. The van der Waals surface area contributed by atoms with Gasteiger partial charge in [0.05, 0.1) is 12.0 Å². The van der Waals surface area contributed by atoms with Crippen molar-refractivity contribution < 1.29 is 4.79 Å². The summed E-state index contributed by atoms with van der Waals surface area (Å²) in [6.07, 6.45) is 0.319. The summed E-state index contributed by atoms with van der Waals surface area (Å²) in [4.78, 5) is 13.1. The molecule has 2 aromatic rings. The maximum atomic E-state index is 11.9. The summed E-state index contributed by atoms with van der Waals surface area (Å²) in [5.41, 5.74) is 1.48. The molecule has 0 saturated heterocycles. The highest BCUT2D eigenvalue weighted by Crippen LogP contribution is 2.22. The summed E-state index contributed by atoms with van der Waals surface area (Å²) in [5.74, 6) is 0.939. The van der Waals surface area contributed by atoms with E-state index >= 15 is 0 Å². The lowest BCUT2D eigenvalue weighted by Gasteiger charge is -2.04. The number of benzene rings is 1. The number of carbonyl (C=O) groups excluding carboxylic acids is 1. The first kappa shape index (κ1) is 14.6. The third-order valence-electron chi connectivity index (χ3n) is 2.64. The van der Waals surface area contributed by atoms with E-state index in [0.717, 1.165) is 11.3 Å². The fourth-order valence-corrected chi connectivity index (χ4v) is 3.14. The molecule has 5 heteroatoms. The molecule has 20 heavy (non-hydrogen) atoms. The van der Waals surface area contributed by atoms with Gasteiger partial charge in [0.25, 0.3) is 0 Å². The van der Waals surface area contributed by atoms with Crippen LogP contribution < -0.4 is 5.32 Å². The molecule has 1 heterocycles. The van der Waals surface area contributed by atoms with Gasteiger partial charge in [-0.1, -0.05) is 19.1 Å². The van der Waals surface area contributed by atoms with E-state index < -0.39 is 0 Å². The molecule has 0 aliphatic carbocycles. The van der Waals surface area contributed by atoms with Gasteiger partial charge in [-0.15, -0.1) is 23.1 Å². The number of carbonyl (C=O) groups is 1. The highest BCUT2D eigenvalue weighted by Gasteiger charge is 2.08. The second-order valence-corrected chi connectivity index (χ2v) is 6.33. The van der Waals surface area contributed by atoms with Crippen LogP contribution in [0, 0.1) is 11.3 Å². The molecule has 0 unspecified atom stereocenters. The molecule has 0 aliphatic rings. The van der Waals surface area contributed by atoms with Crippen molar-refractivity contribution in [3.05, 3.63) is 46.8 Å². The first-order chi connectivity index (χ1) is 9.72. The first-order valence-electron chi connectivity index (χ1n) is 6.22. The molecule has 0 fully saturated rings. The standard InChI is InChI=1S/C15H14N2OS2/c1-2-19-13-5-3-11(4-6-13)9-14(18)17-15-12(10-16)7-8-20-15/h3-8H,2,9H2,1H3,(H,17,18). The van der Waals surface area contributed by atoms with Crippen molar-refractivity contribution in [2.24, 2.45) is 0 Å². The summed E-state index contributed by atoms with van der Waals surface area (Å²) < 4.78 is 0. The molecular formula is C15H14N2OS2. The van der Waals surface area contributed by atoms with Crippen molar-refractivity contribution in [1.82, 2.24) is 0 Å². The quantitative estimate of drug-likeness (QED) is 0.852. The Morgan fingerprint density at radius 1 is 1.35 bits per heavy atom. The molecule has 0 saturated carbocycles. The Morgan fingerprint density at radius 2 is 2.10 bits per heavy atom. The Labute approximate surface area is 126 Å². The molecule has 1 aromatic heterocycles. The predicted octanol–water partition coefficient (Wildman–Crippen LogP) is 3.91. The van der Waals surface area contributed by atoms with Gasteiger partial charge in [-0.05, 0) is 34.9 Å². The molecule has 2 rings (SSSR count). The van der Waals surface area contributed by atoms with Crippen molar-refractivity contribution in [3.8, 4) is 6.07 Å². The Hall–Kier alpha value is -1.77. The number of thiophene rings is 1. The van der Waals surface area contributed by atoms with Crippen LogP contribution in [0.4, 0.5) is 5.00 Å². The van der Waals surface area contributed by atoms with Gasteiger partial charge in [-0.3, -0.25) is 4.79 Å². The van der Waals surface area contributed by atoms with Crippen LogP contribution >= 0.6 is 23.1 Å². The molecule has 1 N–H and O–H groups in total. The lowest BCUT2D eigenvalue weighted by Crippen LogP contribution is -2.14. The van der Waals surface area contributed by atoms with Crippen molar-refractivity contribution in [2.45, 2.75) is 18.2 Å². The lowest BCUT2D eigenvalue weighted by molar-refractivity contribution is -0.115. The maximum absolute atomic E-state index is 11.9. The number of nitriles is 1. The van der Waals surface area contributed by atoms with Crippen LogP contribution in [-0.2, 0) is 11.2 Å². The third-order valence-corrected chi connectivity index (χ3v) is 4.36. The highest BCUT2D eigenvalue weighted by molar-refractivity contribution is 7.99. The summed E-state index contributed by atoms with van der Waals surface area (Å²) in [7, 11) is 0. The number of amides is 1. The zero-order valence-corrected chi connectivity index (χ0v) is 12.7. The van der Waals surface area contributed by atoms with Gasteiger partial charge in [0.2, 0.25) is 5.91 Å². The molecule has 102 valence electrons. The van der Waals surface area contributed by atoms with E-state index in [0.29, 0.717) is 17.0 Å². The molecule has 0 atom stereocenters. The molecule has 0 radical (unpaired) electrons. The van der Waals surface area contributed by atoms with E-state index in [1.54, 1.807) is 23.2 Å². The number of anilines is 1. The lowest BCUT2D eigenvalue weighted by atomic mass is 10.1. The second kappa shape index (κ2) is 7.13. The van der Waals surface area contributed by atoms with Gasteiger partial charge < -0.3 is 5.32 Å². The van der Waals surface area contributed by atoms with Crippen LogP contribution in [0.1, 0.15) is 18.1 Å². The monoisotopic (exact) mass is 302 g/mol. The van der Waals surface area contributed by atoms with Crippen LogP contribution in [0.2, 0.25) is 0 Å². The van der Waals surface area contributed by atoms with E-state index in [9.17, 15) is 4.79 Å². The minimum atomic E-state index is -0.0974. The highest BCUT2D eigenvalue weighted by atomic mass is 32.2. The normalized spacial score (nSPS) is 10.0. The smallest absolute Gasteiger partial charge is 0.229 e. The van der Waals surface area contributed by atoms with Gasteiger partial charge in [0, 0.05) is 4.90 Å². The van der Waals surface area contributed by atoms with Crippen LogP contribution in [0.15, 0.2) is 40.6 Å². The van der Waals surface area contributed by atoms with Crippen molar-refractivity contribution >= 4 is 34.0 Å². The van der Waals surface area contributed by atoms with Gasteiger partial charge in [-0.25, -0.2) is 0 Å². The van der Waals surface area contributed by atoms with E-state index in [1.807, 2.05) is 24.3 Å². The summed E-state index contributed by atoms with van der Waals surface area (Å²) in [6.45, 7) is 2.11. The Bertz CT molecular complexity index is 626. The summed E-state index contributed by atoms with van der Waals surface area (Å²) >= 11 is 3.14. The topological polar surface area (TPSA) is 52.9 Å². The summed E-state index contributed by atoms with van der Waals surface area (Å²) in [6, 6.07) is 11.8. The molecule has 0 aliphatic heterocycles. The minimum Gasteiger partial charge on any atom is -0.316 e. The molecule has 1 amide bonds. The van der Waals surface area contributed by atoms with E-state index in [2.05, 4.69) is 18.3 Å². The number of nitrogens with zero attached hydrogens (tertiary/aromatic N) is 1. The first-order valence-corrected chi connectivity index (χ1v) is 8.08. The van der Waals surface area contributed by atoms with Crippen molar-refractivity contribution in [1.29, 1.82) is 5.26 Å². The SMILES string of the molecule is CCSc1ccc(CC(=O)Nc2sccc2C#N)cc1. The van der Waals surface area contributed by atoms with Gasteiger partial charge >= 0.3 is 0 Å². The van der Waals surface area contributed by atoms with E-state index in [1.165, 1.54) is 16.2 Å². The average molecular weight is 302 g/mol. The Kier molecular flexibility index (Phi) is 5.22. The molecule has 0 bridgehead atoms. The maximum Gasteiger partial charge on any atom is 0.229 e. The molecule has 3 nitrogen and oxygen atoms in total. The van der Waals surface area contributed by atoms with E-state index in [4.69, 9.17) is 5.26 Å². The van der Waals surface area contributed by atoms with E-state index in [-0.39, 0.29) is 5.91 Å². The Morgan fingerprint density at radius 3 is 2.75 bits per heavy atom. The number of hydrogen-bond acceptors (Lipinski definition) is 4. The number of hydrogen-bond donors (Lipinski definition) is 1.